The second-order valence-corrected chi connectivity index (χ2v) is 6.24. The van der Waals surface area contributed by atoms with Gasteiger partial charge in [0.15, 0.2) is 5.16 Å². The average molecular weight is 385 g/mol. The number of anilines is 1. The van der Waals surface area contributed by atoms with Crippen LogP contribution in [0.25, 0.3) is 5.69 Å². The second kappa shape index (κ2) is 8.32. The maximum Gasteiger partial charge on any atom is 0.273 e. The molecule has 9 nitrogen and oxygen atoms in total. The van der Waals surface area contributed by atoms with Crippen molar-refractivity contribution < 1.29 is 14.5 Å². The van der Waals surface area contributed by atoms with E-state index in [1.54, 1.807) is 10.9 Å². The van der Waals surface area contributed by atoms with Gasteiger partial charge in [-0.2, -0.15) is 0 Å². The van der Waals surface area contributed by atoms with Gasteiger partial charge < -0.3 is 10.1 Å². The van der Waals surface area contributed by atoms with Crippen LogP contribution in [-0.4, -0.2) is 38.5 Å². The standard InChI is InChI=1S/C17H15N5O4S/c1-26-15-9-13(22(24)25)7-8-14(15)19-16(23)10-27-17-20-18-11-21(17)12-5-3-2-4-6-12/h2-9,11H,10H2,1H3,(H,19,23). The number of nitro groups is 1. The number of nitro benzene ring substituents is 1. The third kappa shape index (κ3) is 4.42. The fourth-order valence-electron chi connectivity index (χ4n) is 2.30. The van der Waals surface area contributed by atoms with E-state index >= 15 is 0 Å². The van der Waals surface area contributed by atoms with Crippen LogP contribution in [0.15, 0.2) is 60.0 Å². The fourth-order valence-corrected chi connectivity index (χ4v) is 3.03. The quantitative estimate of drug-likeness (QED) is 0.378. The second-order valence-electron chi connectivity index (χ2n) is 5.30. The van der Waals surface area contributed by atoms with Crippen LogP contribution in [0.4, 0.5) is 11.4 Å². The summed E-state index contributed by atoms with van der Waals surface area (Å²) >= 11 is 1.23. The van der Waals surface area contributed by atoms with E-state index in [0.29, 0.717) is 10.8 Å². The summed E-state index contributed by atoms with van der Waals surface area (Å²) in [4.78, 5) is 22.6. The number of carbonyl (C=O) groups is 1. The molecule has 10 heteroatoms. The van der Waals surface area contributed by atoms with Gasteiger partial charge in [-0.15, -0.1) is 10.2 Å². The number of nitrogens with zero attached hydrogens (tertiary/aromatic N) is 4. The Kier molecular flexibility index (Phi) is 5.67. The van der Waals surface area contributed by atoms with Crippen LogP contribution in [0.3, 0.4) is 0 Å². The van der Waals surface area contributed by atoms with Gasteiger partial charge in [0.1, 0.15) is 12.1 Å². The van der Waals surface area contributed by atoms with Gasteiger partial charge in [-0.3, -0.25) is 19.5 Å². The first kappa shape index (κ1) is 18.4. The molecule has 0 bridgehead atoms. The third-order valence-corrected chi connectivity index (χ3v) is 4.50. The number of para-hydroxylation sites is 1. The highest BCUT2D eigenvalue weighted by molar-refractivity contribution is 7.99. The number of hydrogen-bond acceptors (Lipinski definition) is 7. The molecule has 27 heavy (non-hydrogen) atoms. The number of carbonyl (C=O) groups excluding carboxylic acids is 1. The highest BCUT2D eigenvalue weighted by Gasteiger charge is 2.15. The zero-order valence-electron chi connectivity index (χ0n) is 14.2. The molecule has 0 aliphatic heterocycles. The van der Waals surface area contributed by atoms with Crippen LogP contribution in [-0.2, 0) is 4.79 Å². The van der Waals surface area contributed by atoms with Crippen molar-refractivity contribution in [3.63, 3.8) is 0 Å². The number of hydrogen-bond donors (Lipinski definition) is 1. The summed E-state index contributed by atoms with van der Waals surface area (Å²) in [5, 5.41) is 22.0. The van der Waals surface area contributed by atoms with Gasteiger partial charge in [-0.1, -0.05) is 30.0 Å². The molecule has 2 aromatic carbocycles. The number of methoxy groups -OCH3 is 1. The fraction of sp³-hybridized carbons (Fsp3) is 0.118. The van der Waals surface area contributed by atoms with Crippen molar-refractivity contribution in [2.24, 2.45) is 0 Å². The predicted octanol–water partition coefficient (Wildman–Crippen LogP) is 2.91. The Labute approximate surface area is 158 Å². The molecule has 3 rings (SSSR count). The lowest BCUT2D eigenvalue weighted by Crippen LogP contribution is -2.15. The summed E-state index contributed by atoms with van der Waals surface area (Å²) in [5.74, 6) is 0.0100. The number of amides is 1. The van der Waals surface area contributed by atoms with E-state index in [9.17, 15) is 14.9 Å². The number of aromatic nitrogens is 3. The maximum absolute atomic E-state index is 12.3. The first-order valence-electron chi connectivity index (χ1n) is 7.79. The van der Waals surface area contributed by atoms with E-state index < -0.39 is 4.92 Å². The van der Waals surface area contributed by atoms with Crippen LogP contribution < -0.4 is 10.1 Å². The number of thioether (sulfide) groups is 1. The Morgan fingerprint density at radius 1 is 1.30 bits per heavy atom. The summed E-state index contributed by atoms with van der Waals surface area (Å²) < 4.78 is 6.89. The molecule has 0 aliphatic rings. The lowest BCUT2D eigenvalue weighted by Gasteiger charge is -2.10. The Bertz CT molecular complexity index is 961. The Balaban J connectivity index is 1.66. The normalized spacial score (nSPS) is 10.4. The molecule has 138 valence electrons. The van der Waals surface area contributed by atoms with Crippen LogP contribution >= 0.6 is 11.8 Å². The van der Waals surface area contributed by atoms with Gasteiger partial charge in [0, 0.05) is 11.8 Å². The molecule has 0 saturated carbocycles. The van der Waals surface area contributed by atoms with Crippen LogP contribution in [0.5, 0.6) is 5.75 Å². The molecule has 0 radical (unpaired) electrons. The average Bonchev–Trinajstić information content (AvgIpc) is 3.16. The minimum Gasteiger partial charge on any atom is -0.494 e. The molecule has 1 amide bonds. The van der Waals surface area contributed by atoms with Gasteiger partial charge in [0.2, 0.25) is 5.91 Å². The molecular formula is C17H15N5O4S. The van der Waals surface area contributed by atoms with E-state index in [-0.39, 0.29) is 23.1 Å². The van der Waals surface area contributed by atoms with Crippen LogP contribution in [0.2, 0.25) is 0 Å². The summed E-state index contributed by atoms with van der Waals surface area (Å²) in [5.41, 5.74) is 1.14. The van der Waals surface area contributed by atoms with E-state index in [4.69, 9.17) is 4.74 Å². The number of benzene rings is 2. The molecule has 0 aliphatic carbocycles. The summed E-state index contributed by atoms with van der Waals surface area (Å²) in [6.45, 7) is 0. The minimum absolute atomic E-state index is 0.0890. The SMILES string of the molecule is COc1cc([N+](=O)[O-])ccc1NC(=O)CSc1nncn1-c1ccccc1. The maximum atomic E-state index is 12.3. The van der Waals surface area contributed by atoms with Crippen LogP contribution in [0.1, 0.15) is 0 Å². The van der Waals surface area contributed by atoms with Crippen molar-refractivity contribution in [1.82, 2.24) is 14.8 Å². The van der Waals surface area contributed by atoms with Crippen molar-refractivity contribution in [2.45, 2.75) is 5.16 Å². The third-order valence-electron chi connectivity index (χ3n) is 3.55. The number of non-ortho nitro benzene ring substituents is 1. The van der Waals surface area contributed by atoms with Crippen molar-refractivity contribution in [1.29, 1.82) is 0 Å². The first-order chi connectivity index (χ1) is 13.1. The molecule has 0 spiro atoms. The van der Waals surface area contributed by atoms with Crippen LogP contribution in [0, 0.1) is 10.1 Å². The lowest BCUT2D eigenvalue weighted by molar-refractivity contribution is -0.384. The highest BCUT2D eigenvalue weighted by Crippen LogP contribution is 2.29. The van der Waals surface area contributed by atoms with Gasteiger partial charge in [-0.05, 0) is 18.2 Å². The summed E-state index contributed by atoms with van der Waals surface area (Å²) in [6.07, 6.45) is 1.58. The summed E-state index contributed by atoms with van der Waals surface area (Å²) in [7, 11) is 1.38. The minimum atomic E-state index is -0.527. The van der Waals surface area contributed by atoms with E-state index in [0.717, 1.165) is 5.69 Å². The molecular weight excluding hydrogens is 370 g/mol. The molecule has 3 aromatic rings. The zero-order valence-corrected chi connectivity index (χ0v) is 15.0. The predicted molar refractivity (Wildman–Crippen MR) is 100 cm³/mol. The molecule has 1 heterocycles. The Morgan fingerprint density at radius 2 is 2.07 bits per heavy atom. The molecule has 0 fully saturated rings. The van der Waals surface area contributed by atoms with Gasteiger partial charge in [0.25, 0.3) is 5.69 Å². The molecule has 1 N–H and O–H groups in total. The van der Waals surface area contributed by atoms with Crippen molar-refractivity contribution in [3.8, 4) is 11.4 Å². The van der Waals surface area contributed by atoms with E-state index in [1.807, 2.05) is 30.3 Å². The van der Waals surface area contributed by atoms with E-state index in [1.165, 1.54) is 37.1 Å². The van der Waals surface area contributed by atoms with Gasteiger partial charge in [-0.25, -0.2) is 0 Å². The number of rotatable bonds is 7. The molecule has 0 saturated heterocycles. The largest absolute Gasteiger partial charge is 0.494 e. The smallest absolute Gasteiger partial charge is 0.273 e. The van der Waals surface area contributed by atoms with Gasteiger partial charge in [0.05, 0.1) is 29.5 Å². The lowest BCUT2D eigenvalue weighted by atomic mass is 10.2. The van der Waals surface area contributed by atoms with Crippen molar-refractivity contribution >= 4 is 29.0 Å². The Hall–Kier alpha value is -3.40. The van der Waals surface area contributed by atoms with E-state index in [2.05, 4.69) is 15.5 Å². The molecule has 0 unspecified atom stereocenters. The monoisotopic (exact) mass is 385 g/mol. The van der Waals surface area contributed by atoms with Gasteiger partial charge >= 0.3 is 0 Å². The zero-order chi connectivity index (χ0) is 19.2. The summed E-state index contributed by atoms with van der Waals surface area (Å²) in [6, 6.07) is 13.5. The Morgan fingerprint density at radius 3 is 2.78 bits per heavy atom. The topological polar surface area (TPSA) is 112 Å². The number of ether oxygens (including phenoxy) is 1. The van der Waals surface area contributed by atoms with Crippen molar-refractivity contribution in [2.75, 3.05) is 18.2 Å². The molecule has 0 atom stereocenters. The first-order valence-corrected chi connectivity index (χ1v) is 8.77. The van der Waals surface area contributed by atoms with Crippen molar-refractivity contribution in [3.05, 3.63) is 65.0 Å². The highest BCUT2D eigenvalue weighted by atomic mass is 32.2. The number of nitrogens with one attached hydrogen (secondary N) is 1. The molecule has 1 aromatic heterocycles.